The van der Waals surface area contributed by atoms with Gasteiger partial charge in [0.25, 0.3) is 0 Å². The highest BCUT2D eigenvalue weighted by atomic mass is 16.1. The number of fused-ring (bicyclic) bond motifs is 1. The molecule has 3 nitrogen and oxygen atoms in total. The van der Waals surface area contributed by atoms with Gasteiger partial charge in [0.15, 0.2) is 5.78 Å². The molecule has 0 amide bonds. The van der Waals surface area contributed by atoms with Crippen LogP contribution in [-0.2, 0) is 4.79 Å². The minimum absolute atomic E-state index is 0.131. The highest BCUT2D eigenvalue weighted by Gasteiger charge is 2.19. The number of Topliss-reactive ketones (excluding diaryl/α,β-unsaturated/α-hetero) is 1. The van der Waals surface area contributed by atoms with Crippen LogP contribution in [0.5, 0.6) is 0 Å². The van der Waals surface area contributed by atoms with Gasteiger partial charge in [0, 0.05) is 5.56 Å². The fourth-order valence-corrected chi connectivity index (χ4v) is 2.52. The van der Waals surface area contributed by atoms with Crippen molar-refractivity contribution in [2.75, 3.05) is 0 Å². The summed E-state index contributed by atoms with van der Waals surface area (Å²) in [4.78, 5) is 16.6. The summed E-state index contributed by atoms with van der Waals surface area (Å²) in [5, 5.41) is 0. The van der Waals surface area contributed by atoms with Gasteiger partial charge in [0.1, 0.15) is 5.82 Å². The number of rotatable bonds is 3. The van der Waals surface area contributed by atoms with E-state index in [4.69, 9.17) is 4.98 Å². The number of carbonyl (C=O) groups is 1. The van der Waals surface area contributed by atoms with Gasteiger partial charge in [-0.3, -0.25) is 4.79 Å². The molecule has 0 aliphatic heterocycles. The molecule has 1 atom stereocenters. The molecule has 0 saturated heterocycles. The monoisotopic (exact) mass is 278 g/mol. The van der Waals surface area contributed by atoms with Crippen LogP contribution in [-0.4, -0.2) is 15.3 Å². The molecule has 3 aromatic rings. The molecule has 3 heteroatoms. The SMILES string of the molecule is CC(=O)C(C)n1c(-c2ccc(C)cc2)nc2ccccc21. The molecule has 1 unspecified atom stereocenters. The first-order valence-corrected chi connectivity index (χ1v) is 7.12. The zero-order valence-corrected chi connectivity index (χ0v) is 12.5. The van der Waals surface area contributed by atoms with E-state index >= 15 is 0 Å². The zero-order valence-electron chi connectivity index (χ0n) is 12.5. The van der Waals surface area contributed by atoms with Crippen molar-refractivity contribution in [3.8, 4) is 11.4 Å². The zero-order chi connectivity index (χ0) is 15.0. The maximum atomic E-state index is 11.9. The Morgan fingerprint density at radius 3 is 2.43 bits per heavy atom. The molecule has 2 aromatic carbocycles. The molecule has 0 spiro atoms. The summed E-state index contributed by atoms with van der Waals surface area (Å²) in [5.74, 6) is 0.977. The molecule has 1 heterocycles. The molecule has 0 radical (unpaired) electrons. The number of imidazole rings is 1. The third-order valence-corrected chi connectivity index (χ3v) is 3.88. The van der Waals surface area contributed by atoms with E-state index in [-0.39, 0.29) is 11.8 Å². The average molecular weight is 278 g/mol. The standard InChI is InChI=1S/C18H18N2O/c1-12-8-10-15(11-9-12)18-19-16-6-4-5-7-17(16)20(18)13(2)14(3)21/h4-11,13H,1-3H3. The first kappa shape index (κ1) is 13.6. The van der Waals surface area contributed by atoms with Crippen molar-refractivity contribution in [1.82, 2.24) is 9.55 Å². The van der Waals surface area contributed by atoms with E-state index in [1.54, 1.807) is 6.92 Å². The Morgan fingerprint density at radius 2 is 1.76 bits per heavy atom. The van der Waals surface area contributed by atoms with Gasteiger partial charge in [-0.05, 0) is 32.9 Å². The summed E-state index contributed by atoms with van der Waals surface area (Å²) in [5.41, 5.74) is 4.16. The van der Waals surface area contributed by atoms with Crippen LogP contribution in [0.25, 0.3) is 22.4 Å². The third kappa shape index (κ3) is 2.35. The lowest BCUT2D eigenvalue weighted by Gasteiger charge is -2.15. The van der Waals surface area contributed by atoms with E-state index in [9.17, 15) is 4.79 Å². The van der Waals surface area contributed by atoms with Crippen molar-refractivity contribution in [1.29, 1.82) is 0 Å². The number of para-hydroxylation sites is 2. The van der Waals surface area contributed by atoms with E-state index in [0.29, 0.717) is 0 Å². The molecule has 0 saturated carbocycles. The molecule has 0 fully saturated rings. The van der Waals surface area contributed by atoms with Crippen LogP contribution in [0, 0.1) is 6.92 Å². The number of carbonyl (C=O) groups excluding carboxylic acids is 1. The molecule has 21 heavy (non-hydrogen) atoms. The van der Waals surface area contributed by atoms with E-state index in [1.807, 2.05) is 35.8 Å². The number of benzene rings is 2. The largest absolute Gasteiger partial charge is 0.314 e. The number of aromatic nitrogens is 2. The van der Waals surface area contributed by atoms with Crippen LogP contribution in [0.2, 0.25) is 0 Å². The fraction of sp³-hybridized carbons (Fsp3) is 0.222. The molecule has 0 N–H and O–H groups in total. The quantitative estimate of drug-likeness (QED) is 0.721. The third-order valence-electron chi connectivity index (χ3n) is 3.88. The van der Waals surface area contributed by atoms with Gasteiger partial charge in [0.2, 0.25) is 0 Å². The number of hydrogen-bond acceptors (Lipinski definition) is 2. The van der Waals surface area contributed by atoms with Gasteiger partial charge in [-0.2, -0.15) is 0 Å². The number of aryl methyl sites for hydroxylation is 1. The van der Waals surface area contributed by atoms with E-state index in [1.165, 1.54) is 5.56 Å². The lowest BCUT2D eigenvalue weighted by molar-refractivity contribution is -0.119. The van der Waals surface area contributed by atoms with Crippen LogP contribution in [0.4, 0.5) is 0 Å². The summed E-state index contributed by atoms with van der Waals surface area (Å²) in [6, 6.07) is 16.0. The summed E-state index contributed by atoms with van der Waals surface area (Å²) in [6.45, 7) is 5.61. The van der Waals surface area contributed by atoms with Crippen LogP contribution in [0.1, 0.15) is 25.5 Å². The van der Waals surface area contributed by atoms with Gasteiger partial charge in [-0.1, -0.05) is 42.0 Å². The Kier molecular flexibility index (Phi) is 3.34. The van der Waals surface area contributed by atoms with Crippen molar-refractivity contribution in [2.45, 2.75) is 26.8 Å². The van der Waals surface area contributed by atoms with Crippen molar-refractivity contribution in [3.05, 3.63) is 54.1 Å². The topological polar surface area (TPSA) is 34.9 Å². The van der Waals surface area contributed by atoms with E-state index in [0.717, 1.165) is 22.4 Å². The normalized spacial score (nSPS) is 12.5. The molecule has 0 bridgehead atoms. The molecule has 3 rings (SSSR count). The summed E-state index contributed by atoms with van der Waals surface area (Å²) < 4.78 is 2.03. The van der Waals surface area contributed by atoms with Crippen LogP contribution < -0.4 is 0 Å². The minimum Gasteiger partial charge on any atom is -0.314 e. The minimum atomic E-state index is -0.228. The van der Waals surface area contributed by atoms with Crippen LogP contribution in [0.3, 0.4) is 0 Å². The summed E-state index contributed by atoms with van der Waals surface area (Å²) in [7, 11) is 0. The Labute approximate surface area is 124 Å². The number of hydrogen-bond donors (Lipinski definition) is 0. The molecular formula is C18H18N2O. The molecular weight excluding hydrogens is 260 g/mol. The van der Waals surface area contributed by atoms with E-state index in [2.05, 4.69) is 31.2 Å². The highest BCUT2D eigenvalue weighted by molar-refractivity contribution is 5.86. The van der Waals surface area contributed by atoms with Gasteiger partial charge in [-0.25, -0.2) is 4.98 Å². The lowest BCUT2D eigenvalue weighted by atomic mass is 10.1. The predicted molar refractivity (Wildman–Crippen MR) is 85.3 cm³/mol. The van der Waals surface area contributed by atoms with Crippen molar-refractivity contribution >= 4 is 16.8 Å². The summed E-state index contributed by atoms with van der Waals surface area (Å²) in [6.07, 6.45) is 0. The highest BCUT2D eigenvalue weighted by Crippen LogP contribution is 2.28. The molecule has 106 valence electrons. The smallest absolute Gasteiger partial charge is 0.152 e. The van der Waals surface area contributed by atoms with Crippen LogP contribution >= 0.6 is 0 Å². The predicted octanol–water partition coefficient (Wildman–Crippen LogP) is 4.16. The van der Waals surface area contributed by atoms with Gasteiger partial charge >= 0.3 is 0 Å². The number of ketones is 1. The maximum absolute atomic E-state index is 11.9. The van der Waals surface area contributed by atoms with Crippen molar-refractivity contribution in [2.24, 2.45) is 0 Å². The Bertz CT molecular complexity index is 800. The van der Waals surface area contributed by atoms with Gasteiger partial charge < -0.3 is 4.57 Å². The second kappa shape index (κ2) is 5.17. The summed E-state index contributed by atoms with van der Waals surface area (Å²) >= 11 is 0. The van der Waals surface area contributed by atoms with Crippen LogP contribution in [0.15, 0.2) is 48.5 Å². The lowest BCUT2D eigenvalue weighted by Crippen LogP contribution is -2.14. The first-order valence-electron chi connectivity index (χ1n) is 7.12. The molecule has 0 aliphatic carbocycles. The maximum Gasteiger partial charge on any atom is 0.152 e. The first-order chi connectivity index (χ1) is 10.1. The van der Waals surface area contributed by atoms with Gasteiger partial charge in [-0.15, -0.1) is 0 Å². The average Bonchev–Trinajstić information content (AvgIpc) is 2.86. The van der Waals surface area contributed by atoms with Crippen molar-refractivity contribution < 1.29 is 4.79 Å². The van der Waals surface area contributed by atoms with E-state index < -0.39 is 0 Å². The number of nitrogens with zero attached hydrogens (tertiary/aromatic N) is 2. The second-order valence-corrected chi connectivity index (χ2v) is 5.45. The Hall–Kier alpha value is -2.42. The Morgan fingerprint density at radius 1 is 1.10 bits per heavy atom. The van der Waals surface area contributed by atoms with Gasteiger partial charge in [0.05, 0.1) is 17.1 Å². The molecule has 0 aliphatic rings. The second-order valence-electron chi connectivity index (χ2n) is 5.45. The van der Waals surface area contributed by atoms with Crippen molar-refractivity contribution in [3.63, 3.8) is 0 Å². The Balaban J connectivity index is 2.28. The fourth-order valence-electron chi connectivity index (χ4n) is 2.52. The molecule has 1 aromatic heterocycles.